The van der Waals surface area contributed by atoms with Crippen molar-refractivity contribution in [3.63, 3.8) is 0 Å². The summed E-state index contributed by atoms with van der Waals surface area (Å²) in [5, 5.41) is 8.47. The number of benzene rings is 1. The SMILES string of the molecule is C[C@@H](CC(=O)O)c1cc(F)c(F)cc1F. The molecule has 1 atom stereocenters. The maximum atomic E-state index is 13.1. The molecule has 0 radical (unpaired) electrons. The van der Waals surface area contributed by atoms with Gasteiger partial charge in [-0.15, -0.1) is 0 Å². The van der Waals surface area contributed by atoms with Crippen LogP contribution in [0.25, 0.3) is 0 Å². The van der Waals surface area contributed by atoms with E-state index in [4.69, 9.17) is 5.11 Å². The van der Waals surface area contributed by atoms with E-state index in [2.05, 4.69) is 0 Å². The fourth-order valence-electron chi connectivity index (χ4n) is 1.29. The first-order chi connectivity index (χ1) is 6.91. The van der Waals surface area contributed by atoms with Crippen molar-refractivity contribution in [2.75, 3.05) is 0 Å². The van der Waals surface area contributed by atoms with Crippen molar-refractivity contribution >= 4 is 5.97 Å². The Morgan fingerprint density at radius 2 is 1.80 bits per heavy atom. The third kappa shape index (κ3) is 2.71. The molecule has 0 amide bonds. The highest BCUT2D eigenvalue weighted by Crippen LogP contribution is 2.24. The Bertz CT molecular complexity index is 390. The first kappa shape index (κ1) is 11.6. The average molecular weight is 218 g/mol. The fourth-order valence-corrected chi connectivity index (χ4v) is 1.29. The Labute approximate surface area is 84.3 Å². The van der Waals surface area contributed by atoms with Crippen LogP contribution in [-0.4, -0.2) is 11.1 Å². The molecule has 0 fully saturated rings. The normalized spacial score (nSPS) is 12.5. The summed E-state index contributed by atoms with van der Waals surface area (Å²) < 4.78 is 38.5. The van der Waals surface area contributed by atoms with Gasteiger partial charge in [-0.3, -0.25) is 4.79 Å². The molecule has 82 valence electrons. The zero-order chi connectivity index (χ0) is 11.6. The molecule has 0 spiro atoms. The highest BCUT2D eigenvalue weighted by molar-refractivity contribution is 5.67. The Balaban J connectivity index is 3.03. The quantitative estimate of drug-likeness (QED) is 0.792. The standard InChI is InChI=1S/C10H9F3O2/c1-5(2-10(14)15)6-3-8(12)9(13)4-7(6)11/h3-5H,2H2,1H3,(H,14,15)/t5-/m0/s1. The molecule has 0 unspecified atom stereocenters. The summed E-state index contributed by atoms with van der Waals surface area (Å²) in [6.45, 7) is 1.43. The first-order valence-corrected chi connectivity index (χ1v) is 4.28. The van der Waals surface area contributed by atoms with Gasteiger partial charge in [-0.25, -0.2) is 13.2 Å². The van der Waals surface area contributed by atoms with Crippen molar-refractivity contribution < 1.29 is 23.1 Å². The van der Waals surface area contributed by atoms with E-state index in [9.17, 15) is 18.0 Å². The number of carboxylic acid groups (broad SMARTS) is 1. The zero-order valence-corrected chi connectivity index (χ0v) is 7.93. The van der Waals surface area contributed by atoms with Crippen molar-refractivity contribution in [3.05, 3.63) is 35.1 Å². The lowest BCUT2D eigenvalue weighted by molar-refractivity contribution is -0.137. The largest absolute Gasteiger partial charge is 0.481 e. The van der Waals surface area contributed by atoms with Crippen LogP contribution in [0.2, 0.25) is 0 Å². The van der Waals surface area contributed by atoms with E-state index in [-0.39, 0.29) is 12.0 Å². The number of carboxylic acids is 1. The van der Waals surface area contributed by atoms with Gasteiger partial charge in [0.2, 0.25) is 0 Å². The molecular formula is C10H9F3O2. The van der Waals surface area contributed by atoms with Gasteiger partial charge in [0.15, 0.2) is 11.6 Å². The maximum absolute atomic E-state index is 13.1. The van der Waals surface area contributed by atoms with Crippen molar-refractivity contribution in [2.45, 2.75) is 19.3 Å². The molecule has 0 bridgehead atoms. The smallest absolute Gasteiger partial charge is 0.303 e. The molecule has 0 aliphatic carbocycles. The Morgan fingerprint density at radius 1 is 1.27 bits per heavy atom. The van der Waals surface area contributed by atoms with Gasteiger partial charge in [0.25, 0.3) is 0 Å². The van der Waals surface area contributed by atoms with Crippen LogP contribution in [0.15, 0.2) is 12.1 Å². The van der Waals surface area contributed by atoms with Gasteiger partial charge in [-0.05, 0) is 17.5 Å². The van der Waals surface area contributed by atoms with Gasteiger partial charge >= 0.3 is 5.97 Å². The second kappa shape index (κ2) is 4.33. The molecule has 0 heterocycles. The lowest BCUT2D eigenvalue weighted by Gasteiger charge is -2.10. The monoisotopic (exact) mass is 218 g/mol. The average Bonchev–Trinajstić information content (AvgIpc) is 2.09. The van der Waals surface area contributed by atoms with Crippen LogP contribution in [0.5, 0.6) is 0 Å². The summed E-state index contributed by atoms with van der Waals surface area (Å²) in [7, 11) is 0. The van der Waals surface area contributed by atoms with E-state index in [0.717, 1.165) is 0 Å². The maximum Gasteiger partial charge on any atom is 0.303 e. The highest BCUT2D eigenvalue weighted by Gasteiger charge is 2.17. The van der Waals surface area contributed by atoms with E-state index in [0.29, 0.717) is 12.1 Å². The molecule has 1 rings (SSSR count). The lowest BCUT2D eigenvalue weighted by atomic mass is 9.97. The van der Waals surface area contributed by atoms with Crippen molar-refractivity contribution in [1.82, 2.24) is 0 Å². The Morgan fingerprint density at radius 3 is 2.33 bits per heavy atom. The van der Waals surface area contributed by atoms with Gasteiger partial charge in [-0.1, -0.05) is 6.92 Å². The van der Waals surface area contributed by atoms with Crippen molar-refractivity contribution in [2.24, 2.45) is 0 Å². The second-order valence-electron chi connectivity index (χ2n) is 3.29. The third-order valence-electron chi connectivity index (χ3n) is 2.05. The predicted molar refractivity (Wildman–Crippen MR) is 47.0 cm³/mol. The van der Waals surface area contributed by atoms with Crippen molar-refractivity contribution in [1.29, 1.82) is 0 Å². The molecule has 1 aromatic rings. The van der Waals surface area contributed by atoms with Crippen molar-refractivity contribution in [3.8, 4) is 0 Å². The van der Waals surface area contributed by atoms with Gasteiger partial charge in [0, 0.05) is 6.07 Å². The Hall–Kier alpha value is -1.52. The lowest BCUT2D eigenvalue weighted by Crippen LogP contribution is -2.06. The topological polar surface area (TPSA) is 37.3 Å². The Kier molecular flexibility index (Phi) is 3.34. The van der Waals surface area contributed by atoms with E-state index in [1.165, 1.54) is 6.92 Å². The first-order valence-electron chi connectivity index (χ1n) is 4.28. The number of aliphatic carboxylic acids is 1. The predicted octanol–water partition coefficient (Wildman–Crippen LogP) is 2.68. The van der Waals surface area contributed by atoms with E-state index in [1.807, 2.05) is 0 Å². The minimum atomic E-state index is -1.28. The summed E-state index contributed by atoms with van der Waals surface area (Å²) in [6.07, 6.45) is -0.331. The van der Waals surface area contributed by atoms with Gasteiger partial charge < -0.3 is 5.11 Å². The van der Waals surface area contributed by atoms with Crippen LogP contribution >= 0.6 is 0 Å². The van der Waals surface area contributed by atoms with Crippen LogP contribution in [0.3, 0.4) is 0 Å². The van der Waals surface area contributed by atoms with E-state index in [1.54, 1.807) is 0 Å². The van der Waals surface area contributed by atoms with E-state index < -0.39 is 29.3 Å². The molecule has 1 N–H and O–H groups in total. The molecule has 0 aromatic heterocycles. The second-order valence-corrected chi connectivity index (χ2v) is 3.29. The summed E-state index contributed by atoms with van der Waals surface area (Å²) in [6, 6.07) is 1.11. The third-order valence-corrected chi connectivity index (χ3v) is 2.05. The number of halogens is 3. The molecule has 5 heteroatoms. The number of rotatable bonds is 3. The van der Waals surface area contributed by atoms with Gasteiger partial charge in [0.05, 0.1) is 6.42 Å². The van der Waals surface area contributed by atoms with Gasteiger partial charge in [0.1, 0.15) is 5.82 Å². The van der Waals surface area contributed by atoms with Crippen LogP contribution in [0.1, 0.15) is 24.8 Å². The summed E-state index contributed by atoms with van der Waals surface area (Å²) in [5.74, 6) is -5.20. The summed E-state index contributed by atoms with van der Waals surface area (Å²) >= 11 is 0. The molecule has 15 heavy (non-hydrogen) atoms. The minimum absolute atomic E-state index is 0.128. The molecule has 1 aromatic carbocycles. The number of carbonyl (C=O) groups is 1. The fraction of sp³-hybridized carbons (Fsp3) is 0.300. The van der Waals surface area contributed by atoms with Crippen LogP contribution < -0.4 is 0 Å². The molecule has 0 saturated heterocycles. The summed E-state index contributed by atoms with van der Waals surface area (Å²) in [5.41, 5.74) is -0.128. The molecule has 0 aliphatic heterocycles. The number of hydrogen-bond acceptors (Lipinski definition) is 1. The van der Waals surface area contributed by atoms with Crippen LogP contribution in [-0.2, 0) is 4.79 Å². The highest BCUT2D eigenvalue weighted by atomic mass is 19.2. The minimum Gasteiger partial charge on any atom is -0.481 e. The van der Waals surface area contributed by atoms with Gasteiger partial charge in [-0.2, -0.15) is 0 Å². The zero-order valence-electron chi connectivity index (χ0n) is 7.93. The molecule has 0 saturated carbocycles. The number of hydrogen-bond donors (Lipinski definition) is 1. The van der Waals surface area contributed by atoms with Crippen LogP contribution in [0, 0.1) is 17.5 Å². The molecule has 2 nitrogen and oxygen atoms in total. The van der Waals surface area contributed by atoms with E-state index >= 15 is 0 Å². The molecular weight excluding hydrogens is 209 g/mol. The summed E-state index contributed by atoms with van der Waals surface area (Å²) in [4.78, 5) is 10.4. The molecule has 0 aliphatic rings. The van der Waals surface area contributed by atoms with Crippen LogP contribution in [0.4, 0.5) is 13.2 Å².